The van der Waals surface area contributed by atoms with Crippen LogP contribution in [0.5, 0.6) is 0 Å². The third kappa shape index (κ3) is 2.30. The van der Waals surface area contributed by atoms with Gasteiger partial charge in [0.2, 0.25) is 5.91 Å². The van der Waals surface area contributed by atoms with E-state index < -0.39 is 11.8 Å². The van der Waals surface area contributed by atoms with Gasteiger partial charge in [-0.25, -0.2) is 0 Å². The molecule has 20 heavy (non-hydrogen) atoms. The molecule has 3 aliphatic rings. The van der Waals surface area contributed by atoms with Gasteiger partial charge < -0.3 is 10.0 Å². The summed E-state index contributed by atoms with van der Waals surface area (Å²) in [5.74, 6) is 0.0601. The number of aliphatic hydroxyl groups is 1. The number of hydrogen-bond acceptors (Lipinski definition) is 3. The molecule has 2 heterocycles. The Morgan fingerprint density at radius 2 is 1.70 bits per heavy atom. The Bertz CT molecular complexity index is 401. The SMILES string of the molecule is O=C1C(N2CCC(O)(C(F)(F)F)CC2)CCN1C1CC1. The first-order chi connectivity index (χ1) is 9.32. The third-order valence-corrected chi connectivity index (χ3v) is 4.79. The number of carbonyl (C=O) groups is 1. The van der Waals surface area contributed by atoms with Crippen LogP contribution in [0.15, 0.2) is 0 Å². The second kappa shape index (κ2) is 4.59. The smallest absolute Gasteiger partial charge is 0.380 e. The van der Waals surface area contributed by atoms with Crippen LogP contribution in [0, 0.1) is 0 Å². The van der Waals surface area contributed by atoms with E-state index in [9.17, 15) is 23.1 Å². The zero-order chi connectivity index (χ0) is 14.5. The van der Waals surface area contributed by atoms with Gasteiger partial charge in [-0.2, -0.15) is 13.2 Å². The number of piperidine rings is 1. The van der Waals surface area contributed by atoms with Gasteiger partial charge in [0.1, 0.15) is 0 Å². The molecule has 2 aliphatic heterocycles. The summed E-state index contributed by atoms with van der Waals surface area (Å²) in [6.45, 7) is 0.976. The van der Waals surface area contributed by atoms with Crippen molar-refractivity contribution < 1.29 is 23.1 Å². The molecule has 0 spiro atoms. The van der Waals surface area contributed by atoms with E-state index in [1.165, 1.54) is 0 Å². The highest BCUT2D eigenvalue weighted by atomic mass is 19.4. The lowest BCUT2D eigenvalue weighted by Crippen LogP contribution is -2.56. The van der Waals surface area contributed by atoms with Crippen LogP contribution >= 0.6 is 0 Å². The maximum absolute atomic E-state index is 12.7. The minimum atomic E-state index is -4.58. The average Bonchev–Trinajstić information content (AvgIpc) is 3.13. The minimum absolute atomic E-state index is 0.0601. The molecule has 0 bridgehead atoms. The summed E-state index contributed by atoms with van der Waals surface area (Å²) in [4.78, 5) is 15.9. The highest BCUT2D eigenvalue weighted by Crippen LogP contribution is 2.40. The number of halogens is 3. The number of carbonyl (C=O) groups excluding carboxylic acids is 1. The Kier molecular flexibility index (Phi) is 3.25. The molecule has 3 fully saturated rings. The summed E-state index contributed by atoms with van der Waals surface area (Å²) in [5.41, 5.74) is -2.58. The van der Waals surface area contributed by atoms with Crippen molar-refractivity contribution in [1.29, 1.82) is 0 Å². The van der Waals surface area contributed by atoms with Crippen molar-refractivity contribution in [2.24, 2.45) is 0 Å². The van der Waals surface area contributed by atoms with Crippen LogP contribution in [0.2, 0.25) is 0 Å². The minimum Gasteiger partial charge on any atom is -0.380 e. The molecule has 114 valence electrons. The molecule has 1 atom stereocenters. The molecule has 1 unspecified atom stereocenters. The normalized spacial score (nSPS) is 31.9. The third-order valence-electron chi connectivity index (χ3n) is 4.79. The highest BCUT2D eigenvalue weighted by molar-refractivity contribution is 5.84. The molecule has 2 saturated heterocycles. The largest absolute Gasteiger partial charge is 0.417 e. The molecule has 7 heteroatoms. The Hall–Kier alpha value is -0.820. The number of rotatable bonds is 2. The Balaban J connectivity index is 1.60. The van der Waals surface area contributed by atoms with E-state index in [0.29, 0.717) is 19.0 Å². The quantitative estimate of drug-likeness (QED) is 0.830. The van der Waals surface area contributed by atoms with E-state index in [0.717, 1.165) is 12.8 Å². The van der Waals surface area contributed by atoms with E-state index >= 15 is 0 Å². The molecule has 1 N–H and O–H groups in total. The molecule has 1 saturated carbocycles. The molecule has 0 aromatic heterocycles. The van der Waals surface area contributed by atoms with Crippen molar-refractivity contribution in [3.63, 3.8) is 0 Å². The fourth-order valence-corrected chi connectivity index (χ4v) is 3.26. The Morgan fingerprint density at radius 1 is 1.10 bits per heavy atom. The van der Waals surface area contributed by atoms with Crippen molar-refractivity contribution >= 4 is 5.91 Å². The molecule has 0 aromatic rings. The van der Waals surface area contributed by atoms with Crippen molar-refractivity contribution in [2.75, 3.05) is 19.6 Å². The topological polar surface area (TPSA) is 43.8 Å². The van der Waals surface area contributed by atoms with Crippen LogP contribution in [0.1, 0.15) is 32.1 Å². The molecular formula is C13H19F3N2O2. The van der Waals surface area contributed by atoms with Crippen LogP contribution in [0.4, 0.5) is 13.2 Å². The monoisotopic (exact) mass is 292 g/mol. The first-order valence-corrected chi connectivity index (χ1v) is 7.15. The summed E-state index contributed by atoms with van der Waals surface area (Å²) in [5, 5.41) is 9.64. The van der Waals surface area contributed by atoms with Crippen LogP contribution < -0.4 is 0 Å². The van der Waals surface area contributed by atoms with Gasteiger partial charge in [0.25, 0.3) is 0 Å². The van der Waals surface area contributed by atoms with Gasteiger partial charge in [-0.1, -0.05) is 0 Å². The fraction of sp³-hybridized carbons (Fsp3) is 0.923. The second-order valence-corrected chi connectivity index (χ2v) is 6.13. The number of likely N-dealkylation sites (tertiary alicyclic amines) is 2. The van der Waals surface area contributed by atoms with Gasteiger partial charge in [0.15, 0.2) is 5.60 Å². The van der Waals surface area contributed by atoms with E-state index in [1.54, 1.807) is 0 Å². The maximum atomic E-state index is 12.7. The number of nitrogens with zero attached hydrogens (tertiary/aromatic N) is 2. The first kappa shape index (κ1) is 14.1. The summed E-state index contributed by atoms with van der Waals surface area (Å²) in [6.07, 6.45) is -2.48. The summed E-state index contributed by atoms with van der Waals surface area (Å²) >= 11 is 0. The molecular weight excluding hydrogens is 273 g/mol. The van der Waals surface area contributed by atoms with Crippen molar-refractivity contribution in [3.8, 4) is 0 Å². The van der Waals surface area contributed by atoms with E-state index in [4.69, 9.17) is 0 Å². The number of alkyl halides is 3. The molecule has 0 radical (unpaired) electrons. The Morgan fingerprint density at radius 3 is 2.20 bits per heavy atom. The summed E-state index contributed by atoms with van der Waals surface area (Å²) in [6, 6.07) is 0.0813. The van der Waals surface area contributed by atoms with E-state index in [2.05, 4.69) is 0 Å². The van der Waals surface area contributed by atoms with Gasteiger partial charge in [0, 0.05) is 25.7 Å². The predicted molar refractivity (Wildman–Crippen MR) is 65.0 cm³/mol. The molecule has 1 aliphatic carbocycles. The van der Waals surface area contributed by atoms with Crippen molar-refractivity contribution in [1.82, 2.24) is 9.80 Å². The van der Waals surface area contributed by atoms with Crippen LogP contribution in [0.3, 0.4) is 0 Å². The van der Waals surface area contributed by atoms with E-state index in [1.807, 2.05) is 9.80 Å². The van der Waals surface area contributed by atoms with Crippen LogP contribution in [0.25, 0.3) is 0 Å². The molecule has 1 amide bonds. The van der Waals surface area contributed by atoms with Crippen LogP contribution in [-0.4, -0.2) is 64.3 Å². The standard InChI is InChI=1S/C13H19F3N2O2/c14-13(15,16)12(20)4-7-17(8-5-12)10-3-6-18(11(10)19)9-1-2-9/h9-10,20H,1-8H2. The second-order valence-electron chi connectivity index (χ2n) is 6.13. The fourth-order valence-electron chi connectivity index (χ4n) is 3.26. The summed E-state index contributed by atoms with van der Waals surface area (Å²) < 4.78 is 38.2. The maximum Gasteiger partial charge on any atom is 0.417 e. The van der Waals surface area contributed by atoms with Crippen molar-refractivity contribution in [3.05, 3.63) is 0 Å². The lowest BCUT2D eigenvalue weighted by molar-refractivity contribution is -0.273. The molecule has 4 nitrogen and oxygen atoms in total. The molecule has 3 rings (SSSR count). The highest BCUT2D eigenvalue weighted by Gasteiger charge is 2.55. The van der Waals surface area contributed by atoms with Gasteiger partial charge in [0.05, 0.1) is 6.04 Å². The first-order valence-electron chi connectivity index (χ1n) is 7.15. The van der Waals surface area contributed by atoms with Gasteiger partial charge in [-0.05, 0) is 32.1 Å². The van der Waals surface area contributed by atoms with Gasteiger partial charge in [-0.3, -0.25) is 9.69 Å². The zero-order valence-electron chi connectivity index (χ0n) is 11.2. The van der Waals surface area contributed by atoms with Gasteiger partial charge in [-0.15, -0.1) is 0 Å². The van der Waals surface area contributed by atoms with Gasteiger partial charge >= 0.3 is 6.18 Å². The summed E-state index contributed by atoms with van der Waals surface area (Å²) in [7, 11) is 0. The molecule has 0 aromatic carbocycles. The lowest BCUT2D eigenvalue weighted by atomic mass is 9.90. The van der Waals surface area contributed by atoms with E-state index in [-0.39, 0.29) is 37.9 Å². The zero-order valence-corrected chi connectivity index (χ0v) is 11.2. The predicted octanol–water partition coefficient (Wildman–Crippen LogP) is 1.14. The lowest BCUT2D eigenvalue weighted by Gasteiger charge is -2.40. The van der Waals surface area contributed by atoms with Crippen LogP contribution in [-0.2, 0) is 4.79 Å². The Labute approximate surface area is 115 Å². The number of hydrogen-bond donors (Lipinski definition) is 1. The number of amides is 1. The average molecular weight is 292 g/mol. The van der Waals surface area contributed by atoms with Crippen molar-refractivity contribution in [2.45, 2.75) is 56.0 Å².